The van der Waals surface area contributed by atoms with Crippen molar-refractivity contribution in [2.45, 2.75) is 108 Å². The predicted octanol–water partition coefficient (Wildman–Crippen LogP) is 3.76. The van der Waals surface area contributed by atoms with Crippen LogP contribution in [0.4, 0.5) is 0 Å². The lowest BCUT2D eigenvalue weighted by molar-refractivity contribution is -0.135. The molecule has 3 rings (SSSR count). The zero-order chi connectivity index (χ0) is 37.6. The van der Waals surface area contributed by atoms with Crippen LogP contribution in [0.2, 0.25) is 0 Å². The number of nitrogens with two attached hydrogens (primary N) is 2. The maximum absolute atomic E-state index is 14.0. The fourth-order valence-corrected chi connectivity index (χ4v) is 6.96. The van der Waals surface area contributed by atoms with E-state index in [-0.39, 0.29) is 12.3 Å². The van der Waals surface area contributed by atoms with E-state index in [2.05, 4.69) is 29.0 Å². The molecule has 0 saturated heterocycles. The van der Waals surface area contributed by atoms with Crippen LogP contribution in [0.3, 0.4) is 0 Å². The molecule has 2 aromatic rings. The van der Waals surface area contributed by atoms with Crippen LogP contribution in [-0.2, 0) is 25.6 Å². The van der Waals surface area contributed by atoms with Gasteiger partial charge in [0, 0.05) is 30.7 Å². The Morgan fingerprint density at radius 3 is 2.27 bits per heavy atom. The molecule has 8 N–H and O–H groups in total. The normalized spacial score (nSPS) is 17.0. The SMILES string of the molecule is CC(=O)NCCCC[C@H](NC(=O)[C@@H](CC1=CCC(C)S1)N(C)C(O)[C@@H](Cc1ccc(-c2ccccc2)cc1)NC(=O)/C=C/CC(C)(C)N)C(N)=O. The fraction of sp³-hybridized carbons (Fsp3) is 0.487. The Bertz CT molecular complexity index is 1510. The summed E-state index contributed by atoms with van der Waals surface area (Å²) >= 11 is 1.68. The number of likely N-dealkylation sites (N-methyl/N-ethyl adjacent to an activating group) is 1. The highest BCUT2D eigenvalue weighted by Gasteiger charge is 2.35. The fourth-order valence-electron chi connectivity index (χ4n) is 5.80. The summed E-state index contributed by atoms with van der Waals surface area (Å²) in [4.78, 5) is 53.4. The zero-order valence-corrected chi connectivity index (χ0v) is 31.4. The van der Waals surface area contributed by atoms with E-state index < -0.39 is 47.6 Å². The predicted molar refractivity (Wildman–Crippen MR) is 205 cm³/mol. The minimum atomic E-state index is -1.29. The van der Waals surface area contributed by atoms with Gasteiger partial charge in [0.1, 0.15) is 12.3 Å². The molecule has 51 heavy (non-hydrogen) atoms. The number of hydrogen-bond donors (Lipinski definition) is 6. The smallest absolute Gasteiger partial charge is 0.244 e. The molecule has 12 heteroatoms. The lowest BCUT2D eigenvalue weighted by atomic mass is 9.98. The number of aliphatic hydroxyl groups is 1. The highest BCUT2D eigenvalue weighted by atomic mass is 32.2. The molecule has 0 aliphatic carbocycles. The van der Waals surface area contributed by atoms with Crippen molar-refractivity contribution >= 4 is 35.4 Å². The van der Waals surface area contributed by atoms with Gasteiger partial charge in [-0.3, -0.25) is 24.1 Å². The number of nitrogens with one attached hydrogen (secondary N) is 3. The van der Waals surface area contributed by atoms with Gasteiger partial charge in [-0.1, -0.05) is 73.7 Å². The van der Waals surface area contributed by atoms with Crippen molar-refractivity contribution in [1.29, 1.82) is 0 Å². The van der Waals surface area contributed by atoms with E-state index in [0.29, 0.717) is 43.9 Å². The molecule has 2 unspecified atom stereocenters. The summed E-state index contributed by atoms with van der Waals surface area (Å²) in [6.07, 6.45) is 7.35. The quantitative estimate of drug-likeness (QED) is 0.0680. The van der Waals surface area contributed by atoms with E-state index in [9.17, 15) is 24.3 Å². The Balaban J connectivity index is 1.85. The van der Waals surface area contributed by atoms with Gasteiger partial charge in [0.05, 0.1) is 12.1 Å². The summed E-state index contributed by atoms with van der Waals surface area (Å²) in [5.41, 5.74) is 14.3. The number of amides is 4. The second kappa shape index (κ2) is 20.2. The van der Waals surface area contributed by atoms with Gasteiger partial charge >= 0.3 is 0 Å². The number of carbonyl (C=O) groups is 4. The monoisotopic (exact) mass is 720 g/mol. The highest BCUT2D eigenvalue weighted by Crippen LogP contribution is 2.35. The summed E-state index contributed by atoms with van der Waals surface area (Å²) < 4.78 is 0. The van der Waals surface area contributed by atoms with Crippen molar-refractivity contribution in [3.8, 4) is 11.1 Å². The molecular formula is C39H56N6O5S. The number of rotatable bonds is 20. The first-order valence-corrected chi connectivity index (χ1v) is 18.5. The first-order chi connectivity index (χ1) is 24.1. The van der Waals surface area contributed by atoms with Crippen LogP contribution < -0.4 is 27.4 Å². The van der Waals surface area contributed by atoms with E-state index >= 15 is 0 Å². The van der Waals surface area contributed by atoms with Crippen LogP contribution in [-0.4, -0.2) is 82.4 Å². The zero-order valence-electron chi connectivity index (χ0n) is 30.6. The van der Waals surface area contributed by atoms with Gasteiger partial charge in [0.2, 0.25) is 23.6 Å². The molecule has 1 aliphatic rings. The number of thioether (sulfide) groups is 1. The summed E-state index contributed by atoms with van der Waals surface area (Å²) in [5.74, 6) is -1.65. The third-order valence-electron chi connectivity index (χ3n) is 8.71. The maximum atomic E-state index is 14.0. The van der Waals surface area contributed by atoms with Crippen molar-refractivity contribution in [3.05, 3.63) is 83.3 Å². The lowest BCUT2D eigenvalue weighted by Crippen LogP contribution is -2.59. The first-order valence-electron chi connectivity index (χ1n) is 17.6. The second-order valence-corrected chi connectivity index (χ2v) is 15.6. The number of unbranched alkanes of at least 4 members (excludes halogenated alkanes) is 1. The molecule has 1 aliphatic heterocycles. The van der Waals surface area contributed by atoms with Gasteiger partial charge in [-0.05, 0) is 87.1 Å². The largest absolute Gasteiger partial charge is 0.376 e. The number of aliphatic hydroxyl groups excluding tert-OH is 1. The van der Waals surface area contributed by atoms with Crippen molar-refractivity contribution in [2.75, 3.05) is 13.6 Å². The molecule has 2 aromatic carbocycles. The van der Waals surface area contributed by atoms with Crippen LogP contribution in [0.1, 0.15) is 71.8 Å². The molecule has 0 fully saturated rings. The molecule has 4 amide bonds. The molecule has 0 spiro atoms. The standard InChI is InChI=1S/C39H56N6O5S/c1-26-16-21-31(51-26)25-34(37(49)44-32(36(40)48)14-9-10-23-42-27(2)46)45(5)38(50)33(43-35(47)15-11-22-39(3,4)41)24-28-17-19-30(20-18-28)29-12-7-6-8-13-29/h6-8,11-13,15,17-21,26,32-34,38,50H,9-10,14,16,22-25,41H2,1-5H3,(H2,40,48)(H,42,46)(H,43,47)(H,44,49)/b15-11+/t26?,32-,33+,34+,38?/m0/s1. The van der Waals surface area contributed by atoms with Crippen molar-refractivity contribution < 1.29 is 24.3 Å². The van der Waals surface area contributed by atoms with Gasteiger partial charge in [0.25, 0.3) is 0 Å². The van der Waals surface area contributed by atoms with Crippen molar-refractivity contribution in [3.63, 3.8) is 0 Å². The maximum Gasteiger partial charge on any atom is 0.244 e. The molecule has 0 aromatic heterocycles. The van der Waals surface area contributed by atoms with Gasteiger partial charge in [-0.15, -0.1) is 11.8 Å². The Kier molecular flexibility index (Phi) is 16.4. The van der Waals surface area contributed by atoms with Crippen molar-refractivity contribution in [2.24, 2.45) is 11.5 Å². The van der Waals surface area contributed by atoms with Gasteiger partial charge in [-0.25, -0.2) is 0 Å². The van der Waals surface area contributed by atoms with E-state index in [1.54, 1.807) is 29.8 Å². The summed E-state index contributed by atoms with van der Waals surface area (Å²) in [7, 11) is 1.65. The van der Waals surface area contributed by atoms with Crippen LogP contribution >= 0.6 is 11.8 Å². The van der Waals surface area contributed by atoms with Crippen LogP contribution in [0.25, 0.3) is 11.1 Å². The molecule has 0 saturated carbocycles. The van der Waals surface area contributed by atoms with Crippen LogP contribution in [0.5, 0.6) is 0 Å². The number of benzene rings is 2. The average Bonchev–Trinajstić information content (AvgIpc) is 3.49. The molecule has 1 heterocycles. The number of carbonyl (C=O) groups excluding carboxylic acids is 4. The van der Waals surface area contributed by atoms with Crippen LogP contribution in [0, 0.1) is 0 Å². The lowest BCUT2D eigenvalue weighted by Gasteiger charge is -2.36. The summed E-state index contributed by atoms with van der Waals surface area (Å²) in [6.45, 7) is 7.74. The molecule has 278 valence electrons. The van der Waals surface area contributed by atoms with E-state index in [1.807, 2.05) is 68.4 Å². The number of nitrogens with zero attached hydrogens (tertiary/aromatic N) is 1. The van der Waals surface area contributed by atoms with E-state index in [1.165, 1.54) is 13.0 Å². The Hall–Kier alpha value is -3.97. The molecule has 5 atom stereocenters. The van der Waals surface area contributed by atoms with Crippen LogP contribution in [0.15, 0.2) is 77.7 Å². The second-order valence-electron chi connectivity index (χ2n) is 14.1. The van der Waals surface area contributed by atoms with Gasteiger partial charge in [0.15, 0.2) is 0 Å². The van der Waals surface area contributed by atoms with E-state index in [4.69, 9.17) is 11.5 Å². The highest BCUT2D eigenvalue weighted by molar-refractivity contribution is 8.03. The third kappa shape index (κ3) is 14.7. The third-order valence-corrected chi connectivity index (χ3v) is 9.94. The molecule has 11 nitrogen and oxygen atoms in total. The number of allylic oxidation sites excluding steroid dienone is 1. The molecule has 0 radical (unpaired) electrons. The first kappa shape index (κ1) is 41.5. The summed E-state index contributed by atoms with van der Waals surface area (Å²) in [6, 6.07) is 15.3. The minimum absolute atomic E-state index is 0.137. The minimum Gasteiger partial charge on any atom is -0.376 e. The number of hydrogen-bond acceptors (Lipinski definition) is 8. The van der Waals surface area contributed by atoms with Crippen molar-refractivity contribution in [1.82, 2.24) is 20.9 Å². The van der Waals surface area contributed by atoms with Gasteiger partial charge < -0.3 is 32.5 Å². The molecule has 0 bridgehead atoms. The summed E-state index contributed by atoms with van der Waals surface area (Å²) in [5, 5.41) is 20.8. The van der Waals surface area contributed by atoms with E-state index in [0.717, 1.165) is 28.0 Å². The average molecular weight is 721 g/mol. The Morgan fingerprint density at radius 2 is 1.69 bits per heavy atom. The topological polar surface area (TPSA) is 180 Å². The Morgan fingerprint density at radius 1 is 1.02 bits per heavy atom. The number of primary amides is 1. The Labute approximate surface area is 307 Å². The van der Waals surface area contributed by atoms with Gasteiger partial charge in [-0.2, -0.15) is 0 Å². The molecular weight excluding hydrogens is 665 g/mol.